The number of rotatable bonds is 3. The number of hydrogen-bond acceptors (Lipinski definition) is 4. The lowest BCUT2D eigenvalue weighted by atomic mass is 9.96. The minimum Gasteiger partial charge on any atom is -0.350 e. The van der Waals surface area contributed by atoms with Gasteiger partial charge in [0.1, 0.15) is 0 Å². The van der Waals surface area contributed by atoms with Gasteiger partial charge in [0.15, 0.2) is 0 Å². The number of carbonyl (C=O) groups excluding carboxylic acids is 1. The third-order valence-electron chi connectivity index (χ3n) is 3.65. The van der Waals surface area contributed by atoms with E-state index in [1.165, 1.54) is 19.3 Å². The van der Waals surface area contributed by atoms with Crippen LogP contribution in [0.2, 0.25) is 0 Å². The molecule has 1 aromatic heterocycles. The van der Waals surface area contributed by atoms with E-state index in [-0.39, 0.29) is 11.3 Å². The van der Waals surface area contributed by atoms with Gasteiger partial charge in [0, 0.05) is 24.2 Å². The normalized spacial score (nSPS) is 15.9. The molecule has 0 atom stereocenters. The first-order valence-electron chi connectivity index (χ1n) is 7.74. The summed E-state index contributed by atoms with van der Waals surface area (Å²) in [6.45, 7) is 10.2. The number of nitrogens with one attached hydrogen (secondary N) is 1. The minimum absolute atomic E-state index is 0.0401. The highest BCUT2D eigenvalue weighted by Crippen LogP contribution is 2.17. The molecule has 2 heterocycles. The molecule has 116 valence electrons. The van der Waals surface area contributed by atoms with Gasteiger partial charge in [-0.15, -0.1) is 0 Å². The molecular weight excluding hydrogens is 264 g/mol. The molecule has 0 aliphatic carbocycles. The van der Waals surface area contributed by atoms with Gasteiger partial charge in [-0.1, -0.05) is 20.8 Å². The van der Waals surface area contributed by atoms with E-state index in [2.05, 4.69) is 20.2 Å². The van der Waals surface area contributed by atoms with E-state index >= 15 is 0 Å². The summed E-state index contributed by atoms with van der Waals surface area (Å²) >= 11 is 0. The van der Waals surface area contributed by atoms with E-state index in [4.69, 9.17) is 0 Å². The highest BCUT2D eigenvalue weighted by atomic mass is 16.2. The van der Waals surface area contributed by atoms with Gasteiger partial charge in [-0.3, -0.25) is 4.79 Å². The van der Waals surface area contributed by atoms with Crippen LogP contribution in [0.1, 0.15) is 51.4 Å². The van der Waals surface area contributed by atoms with Gasteiger partial charge in [-0.05, 0) is 32.3 Å². The van der Waals surface area contributed by atoms with Gasteiger partial charge < -0.3 is 10.2 Å². The van der Waals surface area contributed by atoms with Crippen LogP contribution in [0.4, 0.5) is 5.95 Å². The van der Waals surface area contributed by atoms with Crippen LogP contribution in [-0.4, -0.2) is 29.0 Å². The van der Waals surface area contributed by atoms with Crippen molar-refractivity contribution in [1.82, 2.24) is 15.3 Å². The van der Waals surface area contributed by atoms with Crippen LogP contribution in [0.5, 0.6) is 0 Å². The zero-order valence-electron chi connectivity index (χ0n) is 13.6. The molecule has 0 bridgehead atoms. The monoisotopic (exact) mass is 290 g/mol. The van der Waals surface area contributed by atoms with Crippen molar-refractivity contribution in [1.29, 1.82) is 0 Å². The first-order chi connectivity index (χ1) is 9.86. The standard InChI is InChI=1S/C16H26N4O/c1-12-10-13(11-17-14(21)16(2,3)4)19-15(18-12)20-8-6-5-7-9-20/h10H,5-9,11H2,1-4H3,(H,17,21). The number of anilines is 1. The zero-order chi connectivity index (χ0) is 15.5. The van der Waals surface area contributed by atoms with Crippen LogP contribution in [0.25, 0.3) is 0 Å². The molecule has 0 unspecified atom stereocenters. The third kappa shape index (κ3) is 4.41. The third-order valence-corrected chi connectivity index (χ3v) is 3.65. The molecule has 21 heavy (non-hydrogen) atoms. The molecule has 1 amide bonds. The molecular formula is C16H26N4O. The topological polar surface area (TPSA) is 58.1 Å². The molecule has 5 nitrogen and oxygen atoms in total. The summed E-state index contributed by atoms with van der Waals surface area (Å²) in [6.07, 6.45) is 3.69. The molecule has 0 radical (unpaired) electrons. The highest BCUT2D eigenvalue weighted by molar-refractivity contribution is 5.81. The number of aryl methyl sites for hydroxylation is 1. The van der Waals surface area contributed by atoms with E-state index in [0.717, 1.165) is 30.4 Å². The smallest absolute Gasteiger partial charge is 0.225 e. The van der Waals surface area contributed by atoms with Crippen molar-refractivity contribution in [3.8, 4) is 0 Å². The molecule has 1 aliphatic rings. The average Bonchev–Trinajstić information content (AvgIpc) is 2.44. The molecule has 0 saturated carbocycles. The molecule has 1 N–H and O–H groups in total. The van der Waals surface area contributed by atoms with Gasteiger partial charge in [-0.25, -0.2) is 9.97 Å². The Morgan fingerprint density at radius 3 is 2.52 bits per heavy atom. The first kappa shape index (κ1) is 15.7. The molecule has 5 heteroatoms. The highest BCUT2D eigenvalue weighted by Gasteiger charge is 2.21. The van der Waals surface area contributed by atoms with Crippen molar-refractivity contribution in [2.24, 2.45) is 5.41 Å². The zero-order valence-corrected chi connectivity index (χ0v) is 13.6. The van der Waals surface area contributed by atoms with Crippen molar-refractivity contribution in [3.05, 3.63) is 17.5 Å². The molecule has 2 rings (SSSR count). The summed E-state index contributed by atoms with van der Waals surface area (Å²) < 4.78 is 0. The molecule has 1 saturated heterocycles. The van der Waals surface area contributed by atoms with Crippen molar-refractivity contribution in [3.63, 3.8) is 0 Å². The van der Waals surface area contributed by atoms with E-state index in [1.807, 2.05) is 33.8 Å². The van der Waals surface area contributed by atoms with Crippen LogP contribution < -0.4 is 10.2 Å². The number of carbonyl (C=O) groups is 1. The Balaban J connectivity index is 2.06. The largest absolute Gasteiger partial charge is 0.350 e. The quantitative estimate of drug-likeness (QED) is 0.929. The maximum atomic E-state index is 11.9. The summed E-state index contributed by atoms with van der Waals surface area (Å²) in [7, 11) is 0. The maximum absolute atomic E-state index is 11.9. The van der Waals surface area contributed by atoms with Crippen molar-refractivity contribution in [2.75, 3.05) is 18.0 Å². The second-order valence-corrected chi connectivity index (χ2v) is 6.78. The predicted octanol–water partition coefficient (Wildman–Crippen LogP) is 2.44. The molecule has 1 aliphatic heterocycles. The summed E-state index contributed by atoms with van der Waals surface area (Å²) in [5.41, 5.74) is 1.45. The number of aromatic nitrogens is 2. The Hall–Kier alpha value is -1.65. The van der Waals surface area contributed by atoms with Crippen molar-refractivity contribution in [2.45, 2.75) is 53.5 Å². The summed E-state index contributed by atoms with van der Waals surface area (Å²) in [4.78, 5) is 23.3. The lowest BCUT2D eigenvalue weighted by Gasteiger charge is -2.27. The fourth-order valence-electron chi connectivity index (χ4n) is 2.38. The number of nitrogens with zero attached hydrogens (tertiary/aromatic N) is 3. The Morgan fingerprint density at radius 2 is 1.90 bits per heavy atom. The van der Waals surface area contributed by atoms with Gasteiger partial charge in [0.2, 0.25) is 11.9 Å². The summed E-state index contributed by atoms with van der Waals surface area (Å²) in [5.74, 6) is 0.841. The second kappa shape index (κ2) is 6.41. The number of amides is 1. The fourth-order valence-corrected chi connectivity index (χ4v) is 2.38. The van der Waals surface area contributed by atoms with Gasteiger partial charge in [0.05, 0.1) is 12.2 Å². The Morgan fingerprint density at radius 1 is 1.24 bits per heavy atom. The van der Waals surface area contributed by atoms with Crippen molar-refractivity contribution >= 4 is 11.9 Å². The van der Waals surface area contributed by atoms with Crippen molar-refractivity contribution < 1.29 is 4.79 Å². The molecule has 0 spiro atoms. The van der Waals surface area contributed by atoms with Crippen LogP contribution >= 0.6 is 0 Å². The minimum atomic E-state index is -0.377. The molecule has 1 aromatic rings. The van der Waals surface area contributed by atoms with E-state index in [1.54, 1.807) is 0 Å². The molecule has 0 aromatic carbocycles. The SMILES string of the molecule is Cc1cc(CNC(=O)C(C)(C)C)nc(N2CCCCC2)n1. The van der Waals surface area contributed by atoms with Gasteiger partial charge in [-0.2, -0.15) is 0 Å². The average molecular weight is 290 g/mol. The van der Waals surface area contributed by atoms with E-state index in [9.17, 15) is 4.79 Å². The summed E-state index contributed by atoms with van der Waals surface area (Å²) in [5, 5.41) is 2.95. The van der Waals surface area contributed by atoms with Crippen LogP contribution in [0, 0.1) is 12.3 Å². The lowest BCUT2D eigenvalue weighted by Crippen LogP contribution is -2.35. The molecule has 1 fully saturated rings. The Labute approximate surface area is 127 Å². The van der Waals surface area contributed by atoms with Gasteiger partial charge >= 0.3 is 0 Å². The Bertz CT molecular complexity index is 501. The maximum Gasteiger partial charge on any atom is 0.225 e. The lowest BCUT2D eigenvalue weighted by molar-refractivity contribution is -0.128. The number of piperidine rings is 1. The Kier molecular flexibility index (Phi) is 4.80. The van der Waals surface area contributed by atoms with E-state index < -0.39 is 0 Å². The van der Waals surface area contributed by atoms with Crippen LogP contribution in [0.15, 0.2) is 6.07 Å². The fraction of sp³-hybridized carbons (Fsp3) is 0.688. The summed E-state index contributed by atoms with van der Waals surface area (Å²) in [6, 6.07) is 1.94. The first-order valence-corrected chi connectivity index (χ1v) is 7.74. The van der Waals surface area contributed by atoms with E-state index in [0.29, 0.717) is 6.54 Å². The predicted molar refractivity (Wildman–Crippen MR) is 84.1 cm³/mol. The van der Waals surface area contributed by atoms with Crippen LogP contribution in [-0.2, 0) is 11.3 Å². The second-order valence-electron chi connectivity index (χ2n) is 6.78. The van der Waals surface area contributed by atoms with Crippen LogP contribution in [0.3, 0.4) is 0 Å². The number of hydrogen-bond donors (Lipinski definition) is 1. The van der Waals surface area contributed by atoms with Gasteiger partial charge in [0.25, 0.3) is 0 Å².